The van der Waals surface area contributed by atoms with Gasteiger partial charge in [0.25, 0.3) is 0 Å². The quantitative estimate of drug-likeness (QED) is 0.407. The van der Waals surface area contributed by atoms with Crippen molar-refractivity contribution < 1.29 is 71.9 Å². The maximum absolute atomic E-state index is 8.52. The summed E-state index contributed by atoms with van der Waals surface area (Å²) >= 11 is -7.29. The molecule has 0 unspecified atom stereocenters. The zero-order chi connectivity index (χ0) is 7.15. The van der Waals surface area contributed by atoms with E-state index < -0.39 is 29.6 Å². The van der Waals surface area contributed by atoms with Crippen LogP contribution in [-0.2, 0) is 17.1 Å². The van der Waals surface area contributed by atoms with Crippen molar-refractivity contribution in [2.75, 3.05) is 0 Å². The Bertz CT molecular complexity index is 26.5. The van der Waals surface area contributed by atoms with Crippen LogP contribution in [0.1, 0.15) is 0 Å². The number of rotatable bonds is 0. The summed E-state index contributed by atoms with van der Waals surface area (Å²) in [6, 6.07) is 0. The maximum atomic E-state index is 8.52. The molecule has 0 saturated carbocycles. The molecule has 57 valence electrons. The molecule has 0 atom stereocenters. The van der Waals surface area contributed by atoms with E-state index in [0.717, 1.165) is 0 Å². The van der Waals surface area contributed by atoms with Crippen LogP contribution in [0.5, 0.6) is 0 Å². The van der Waals surface area contributed by atoms with E-state index in [9.17, 15) is 0 Å². The second-order valence-corrected chi connectivity index (χ2v) is 1.96. The first-order chi connectivity index (χ1) is 3.46. The first-order valence-electron chi connectivity index (χ1n) is 0.926. The van der Waals surface area contributed by atoms with Gasteiger partial charge in [0.05, 0.1) is 0 Å². The molecule has 0 fully saturated rings. The van der Waals surface area contributed by atoms with Crippen molar-refractivity contribution in [2.45, 2.75) is 0 Å². The second kappa shape index (κ2) is 12.0. The van der Waals surface area contributed by atoms with Gasteiger partial charge < -0.3 is 25.2 Å². The van der Waals surface area contributed by atoms with E-state index in [-0.39, 0.29) is 17.1 Å². The average Bonchev–Trinajstić information content (AvgIpc) is 1.25. The van der Waals surface area contributed by atoms with Crippen LogP contribution in [-0.4, -0.2) is 0 Å². The third-order valence-corrected chi connectivity index (χ3v) is 0. The van der Waals surface area contributed by atoms with Gasteiger partial charge in [-0.05, 0) is 0 Å². The molecule has 0 aliphatic carbocycles. The van der Waals surface area contributed by atoms with Crippen LogP contribution in [0.15, 0.2) is 0 Å². The van der Waals surface area contributed by atoms with Gasteiger partial charge in [-0.2, -0.15) is 0 Å². The van der Waals surface area contributed by atoms with Crippen molar-refractivity contribution in [2.24, 2.45) is 0 Å². The molecule has 0 aliphatic heterocycles. The Labute approximate surface area is 71.9 Å². The molecule has 0 bridgehead atoms. The molecule has 0 aliphatic rings. The van der Waals surface area contributed by atoms with Crippen LogP contribution in [0.4, 0.5) is 0 Å². The summed E-state index contributed by atoms with van der Waals surface area (Å²) < 4.78 is 51.1. The molecule has 0 N–H and O–H groups in total. The van der Waals surface area contributed by atoms with Gasteiger partial charge in [0.15, 0.2) is 0 Å². The molecule has 0 saturated heterocycles. The minimum absolute atomic E-state index is 0. The van der Waals surface area contributed by atoms with Crippen molar-refractivity contribution in [1.29, 1.82) is 0 Å². The van der Waals surface area contributed by atoms with Crippen molar-refractivity contribution in [3.8, 4) is 0 Å². The number of hydrogen-bond acceptors (Lipinski definition) is 6. The third kappa shape index (κ3) is 315. The van der Waals surface area contributed by atoms with E-state index in [1.807, 2.05) is 0 Å². The summed E-state index contributed by atoms with van der Waals surface area (Å²) in [6.45, 7) is 0. The summed E-state index contributed by atoms with van der Waals surface area (Å²) in [7, 11) is 0. The van der Waals surface area contributed by atoms with Gasteiger partial charge in [-0.1, -0.05) is 0 Å². The molecule has 6 nitrogen and oxygen atoms in total. The Morgan fingerprint density at radius 1 is 0.556 bits per heavy atom. The Morgan fingerprint density at radius 2 is 0.556 bits per heavy atom. The Balaban J connectivity index is -0.0000000720. The van der Waals surface area contributed by atoms with Crippen LogP contribution >= 0.6 is 0 Å². The fourth-order valence-corrected chi connectivity index (χ4v) is 0. The molecule has 0 heterocycles. The zero-order valence-corrected chi connectivity index (χ0v) is 7.94. The van der Waals surface area contributed by atoms with Gasteiger partial charge in [-0.25, -0.2) is 0 Å². The Kier molecular flexibility index (Phi) is 22.2. The van der Waals surface area contributed by atoms with Crippen LogP contribution < -0.4 is 25.2 Å². The van der Waals surface area contributed by atoms with Gasteiger partial charge in [0.1, 0.15) is 0 Å². The molecule has 0 aromatic carbocycles. The van der Waals surface area contributed by atoms with Crippen LogP contribution in [0.3, 0.4) is 0 Å². The van der Waals surface area contributed by atoms with Crippen molar-refractivity contribution in [3.63, 3.8) is 0 Å². The predicted molar refractivity (Wildman–Crippen MR) is 0 cm³/mol. The molecule has 9 heavy (non-hydrogen) atoms. The molecule has 1 radical (unpaired) electrons. The van der Waals surface area contributed by atoms with Crippen LogP contribution in [0, 0.1) is 29.6 Å². The third-order valence-electron chi connectivity index (χ3n) is 0. The molecule has 0 rings (SSSR count). The zero-order valence-electron chi connectivity index (χ0n) is 3.58. The van der Waals surface area contributed by atoms with E-state index in [1.54, 1.807) is 0 Å². The topological polar surface area (TPSA) is 138 Å². The van der Waals surface area contributed by atoms with E-state index in [2.05, 4.69) is 0 Å². The predicted octanol–water partition coefficient (Wildman–Crippen LogP) is -7.14. The maximum Gasteiger partial charge on any atom is 2.00 e. The fourth-order valence-electron chi connectivity index (χ4n) is 0. The van der Waals surface area contributed by atoms with Crippen molar-refractivity contribution >= 4 is 0 Å². The smallest absolute Gasteiger partial charge is 0.405 e. The number of hydrogen-bond donors (Lipinski definition) is 0. The first-order valence-corrected chi connectivity index (χ1v) is 4.81. The normalized spacial score (nSPS) is 8.00. The average molecular weight is 311 g/mol. The Hall–Kier alpha value is 1.24. The number of halogens is 2. The van der Waals surface area contributed by atoms with E-state index in [1.165, 1.54) is 0 Å². The van der Waals surface area contributed by atoms with Gasteiger partial charge >= 0.3 is 17.1 Å². The molecule has 9 heteroatoms. The van der Waals surface area contributed by atoms with E-state index >= 15 is 0 Å². The Morgan fingerprint density at radius 3 is 0.556 bits per heavy atom. The molecular weight excluding hydrogens is 311 g/mol. The molecular formula is Br2MnO6. The van der Waals surface area contributed by atoms with Gasteiger partial charge in [-0.15, -0.1) is 0 Å². The fraction of sp³-hybridized carbons (Fsp3) is 0. The van der Waals surface area contributed by atoms with Gasteiger partial charge in [0.2, 0.25) is 29.6 Å². The second-order valence-electron chi connectivity index (χ2n) is 0.378. The molecule has 0 amide bonds. The molecule has 0 aromatic rings. The monoisotopic (exact) mass is 309 g/mol. The van der Waals surface area contributed by atoms with Crippen LogP contribution in [0.2, 0.25) is 0 Å². The largest absolute Gasteiger partial charge is 2.00 e. The van der Waals surface area contributed by atoms with Crippen LogP contribution in [0.25, 0.3) is 0 Å². The summed E-state index contributed by atoms with van der Waals surface area (Å²) in [6.07, 6.45) is 0. The van der Waals surface area contributed by atoms with E-state index in [0.29, 0.717) is 0 Å². The molecule has 0 spiro atoms. The van der Waals surface area contributed by atoms with Crippen molar-refractivity contribution in [3.05, 3.63) is 0 Å². The minimum Gasteiger partial charge on any atom is -0.405 e. The SMILES string of the molecule is [Mn+2].[O-][Br+2]([O-])[O-].[O-][Br+2]([O-])[O-]. The standard InChI is InChI=1S/2BrO3.Mn/c2*2-1(3)4;/q2*-1;+2. The first kappa shape index (κ1) is 16.7. The van der Waals surface area contributed by atoms with Gasteiger partial charge in [0, 0.05) is 0 Å². The van der Waals surface area contributed by atoms with E-state index in [4.69, 9.17) is 25.2 Å². The summed E-state index contributed by atoms with van der Waals surface area (Å²) in [5.74, 6) is 0. The summed E-state index contributed by atoms with van der Waals surface area (Å²) in [5.41, 5.74) is 0. The summed E-state index contributed by atoms with van der Waals surface area (Å²) in [4.78, 5) is 0. The van der Waals surface area contributed by atoms with Gasteiger partial charge in [-0.3, -0.25) is 0 Å². The minimum atomic E-state index is -3.65. The van der Waals surface area contributed by atoms with Crippen molar-refractivity contribution in [1.82, 2.24) is 0 Å². The molecule has 0 aromatic heterocycles. The summed E-state index contributed by atoms with van der Waals surface area (Å²) in [5, 5.41) is 0.